The second-order valence-electron chi connectivity index (χ2n) is 5.46. The quantitative estimate of drug-likeness (QED) is 0.768. The van der Waals surface area contributed by atoms with Crippen LogP contribution in [0.1, 0.15) is 55.9 Å². The molecule has 6 nitrogen and oxygen atoms in total. The highest BCUT2D eigenvalue weighted by Crippen LogP contribution is 2.27. The monoisotopic (exact) mass is 341 g/mol. The molecule has 0 saturated carbocycles. The number of carbonyl (C=O) groups is 1. The van der Waals surface area contributed by atoms with Crippen molar-refractivity contribution < 1.29 is 4.79 Å². The highest BCUT2D eigenvalue weighted by Gasteiger charge is 2.18. The molecule has 0 saturated heterocycles. The third kappa shape index (κ3) is 4.35. The molecule has 0 atom stereocenters. The Balaban J connectivity index is 0.00000151. The number of aromatic amines is 1. The maximum absolute atomic E-state index is 11.7. The molecule has 6 heteroatoms. The minimum Gasteiger partial charge on any atom is -0.396 e. The molecule has 0 bridgehead atoms. The van der Waals surface area contributed by atoms with Gasteiger partial charge in [0, 0.05) is 16.5 Å². The highest BCUT2D eigenvalue weighted by molar-refractivity contribution is 5.99. The number of hydrogen-bond acceptors (Lipinski definition) is 4. The van der Waals surface area contributed by atoms with Gasteiger partial charge in [-0.1, -0.05) is 40.3 Å². The molecule has 1 amide bonds. The third-order valence-electron chi connectivity index (χ3n) is 3.53. The van der Waals surface area contributed by atoms with E-state index in [1.807, 2.05) is 33.8 Å². The van der Waals surface area contributed by atoms with Crippen LogP contribution in [0.15, 0.2) is 24.4 Å². The number of H-pyrrole nitrogens is 1. The summed E-state index contributed by atoms with van der Waals surface area (Å²) >= 11 is 0. The second-order valence-corrected chi connectivity index (χ2v) is 5.46. The number of aromatic nitrogens is 3. The van der Waals surface area contributed by atoms with Crippen LogP contribution < -0.4 is 22.0 Å². The molecular weight excluding hydrogens is 314 g/mol. The Morgan fingerprint density at radius 2 is 2.00 bits per heavy atom. The van der Waals surface area contributed by atoms with Gasteiger partial charge in [0.15, 0.2) is 5.69 Å². The highest BCUT2D eigenvalue weighted by atomic mass is 16.1. The molecular formula is C19H27N5O. The number of amides is 1. The van der Waals surface area contributed by atoms with Crippen molar-refractivity contribution in [1.29, 1.82) is 0 Å². The molecule has 0 aliphatic rings. The first-order valence-electron chi connectivity index (χ1n) is 8.34. The summed E-state index contributed by atoms with van der Waals surface area (Å²) in [5.74, 6) is -0.648. The van der Waals surface area contributed by atoms with Gasteiger partial charge in [-0.25, -0.2) is 4.98 Å². The van der Waals surface area contributed by atoms with Crippen molar-refractivity contribution >= 4 is 23.7 Å². The fourth-order valence-electron chi connectivity index (χ4n) is 2.52. The molecule has 2 rings (SSSR count). The van der Waals surface area contributed by atoms with Crippen molar-refractivity contribution in [2.24, 2.45) is 5.73 Å². The molecule has 0 fully saturated rings. The fourth-order valence-corrected chi connectivity index (χ4v) is 2.52. The lowest BCUT2D eigenvalue weighted by Gasteiger charge is -2.14. The van der Waals surface area contributed by atoms with Gasteiger partial charge in [-0.05, 0) is 30.6 Å². The van der Waals surface area contributed by atoms with Gasteiger partial charge < -0.3 is 11.5 Å². The Labute approximate surface area is 148 Å². The van der Waals surface area contributed by atoms with Gasteiger partial charge in [-0.15, -0.1) is 0 Å². The predicted molar refractivity (Wildman–Crippen MR) is 103 cm³/mol. The second kappa shape index (κ2) is 8.82. The molecule has 2 aromatic rings. The maximum Gasteiger partial charge on any atom is 0.269 e. The average Bonchev–Trinajstić information content (AvgIpc) is 2.98. The molecule has 0 aliphatic heterocycles. The summed E-state index contributed by atoms with van der Waals surface area (Å²) in [6.45, 7) is 15.9. The molecule has 134 valence electrons. The number of pyridine rings is 1. The number of nitrogens with zero attached hydrogens (tertiary/aromatic N) is 2. The first-order chi connectivity index (χ1) is 11.9. The van der Waals surface area contributed by atoms with Gasteiger partial charge in [-0.2, -0.15) is 5.10 Å². The zero-order valence-corrected chi connectivity index (χ0v) is 15.4. The number of nitrogens with two attached hydrogens (primary N) is 2. The van der Waals surface area contributed by atoms with Crippen molar-refractivity contribution in [3.8, 4) is 0 Å². The third-order valence-corrected chi connectivity index (χ3v) is 3.53. The van der Waals surface area contributed by atoms with Crippen molar-refractivity contribution in [1.82, 2.24) is 15.2 Å². The summed E-state index contributed by atoms with van der Waals surface area (Å²) < 4.78 is 0. The summed E-state index contributed by atoms with van der Waals surface area (Å²) in [6.07, 6.45) is 3.28. The SMILES string of the molecule is C=C(C)/C(c1cc(CCC)nc(C(N)=O)c1N)=c1/cn[nH]c1=C.CC. The van der Waals surface area contributed by atoms with E-state index in [9.17, 15) is 4.79 Å². The van der Waals surface area contributed by atoms with Crippen LogP contribution in [-0.2, 0) is 6.42 Å². The Kier molecular flexibility index (Phi) is 7.11. The van der Waals surface area contributed by atoms with Crippen molar-refractivity contribution in [2.75, 3.05) is 5.73 Å². The number of anilines is 1. The van der Waals surface area contributed by atoms with Crippen LogP contribution in [0.2, 0.25) is 0 Å². The Morgan fingerprint density at radius 1 is 1.36 bits per heavy atom. The van der Waals surface area contributed by atoms with Gasteiger partial charge in [0.25, 0.3) is 5.91 Å². The maximum atomic E-state index is 11.7. The average molecular weight is 341 g/mol. The number of allylic oxidation sites excluding steroid dienone is 1. The van der Waals surface area contributed by atoms with Gasteiger partial charge in [0.2, 0.25) is 0 Å². The first-order valence-corrected chi connectivity index (χ1v) is 8.34. The minimum absolute atomic E-state index is 0.0822. The van der Waals surface area contributed by atoms with E-state index in [4.69, 9.17) is 11.5 Å². The molecule has 2 heterocycles. The lowest BCUT2D eigenvalue weighted by atomic mass is 9.95. The normalized spacial score (nSPS) is 11.4. The van der Waals surface area contributed by atoms with E-state index < -0.39 is 5.91 Å². The molecule has 0 radical (unpaired) electrons. The summed E-state index contributed by atoms with van der Waals surface area (Å²) in [4.78, 5) is 16.0. The smallest absolute Gasteiger partial charge is 0.269 e. The Bertz CT molecular complexity index is 880. The predicted octanol–water partition coefficient (Wildman–Crippen LogP) is 1.65. The zero-order valence-electron chi connectivity index (χ0n) is 15.4. The molecule has 0 aliphatic carbocycles. The molecule has 2 aromatic heterocycles. The number of hydrogen-bond donors (Lipinski definition) is 3. The van der Waals surface area contributed by atoms with Crippen LogP contribution in [-0.4, -0.2) is 21.1 Å². The van der Waals surface area contributed by atoms with Crippen LogP contribution in [0.3, 0.4) is 0 Å². The van der Waals surface area contributed by atoms with Crippen molar-refractivity contribution in [3.05, 3.63) is 51.9 Å². The summed E-state index contributed by atoms with van der Waals surface area (Å²) in [6, 6.07) is 1.88. The molecule has 0 spiro atoms. The number of nitrogen functional groups attached to an aromatic ring is 1. The summed E-state index contributed by atoms with van der Waals surface area (Å²) in [5, 5.41) is 8.23. The van der Waals surface area contributed by atoms with E-state index >= 15 is 0 Å². The van der Waals surface area contributed by atoms with E-state index in [2.05, 4.69) is 28.3 Å². The lowest BCUT2D eigenvalue weighted by molar-refractivity contribution is 0.0996. The van der Waals surface area contributed by atoms with Crippen LogP contribution in [0.5, 0.6) is 0 Å². The van der Waals surface area contributed by atoms with Crippen molar-refractivity contribution in [3.63, 3.8) is 0 Å². The van der Waals surface area contributed by atoms with E-state index in [1.54, 1.807) is 6.20 Å². The van der Waals surface area contributed by atoms with Gasteiger partial charge in [-0.3, -0.25) is 9.89 Å². The summed E-state index contributed by atoms with van der Waals surface area (Å²) in [7, 11) is 0. The topological polar surface area (TPSA) is 111 Å². The van der Waals surface area contributed by atoms with Gasteiger partial charge >= 0.3 is 0 Å². The van der Waals surface area contributed by atoms with E-state index in [1.165, 1.54) is 0 Å². The largest absolute Gasteiger partial charge is 0.396 e. The van der Waals surface area contributed by atoms with Crippen molar-refractivity contribution in [2.45, 2.75) is 40.5 Å². The Hall–Kier alpha value is -2.89. The number of aryl methyl sites for hydroxylation is 1. The van der Waals surface area contributed by atoms with E-state index in [0.29, 0.717) is 10.9 Å². The van der Waals surface area contributed by atoms with Crippen LogP contribution in [0, 0.1) is 0 Å². The van der Waals surface area contributed by atoms with Gasteiger partial charge in [0.05, 0.1) is 17.2 Å². The van der Waals surface area contributed by atoms with E-state index in [-0.39, 0.29) is 11.4 Å². The molecule has 0 unspecified atom stereocenters. The molecule has 0 aromatic carbocycles. The van der Waals surface area contributed by atoms with Gasteiger partial charge in [0.1, 0.15) is 0 Å². The minimum atomic E-state index is -0.648. The zero-order chi connectivity index (χ0) is 19.1. The molecule has 25 heavy (non-hydrogen) atoms. The number of primary amides is 1. The number of rotatable bonds is 5. The number of carbonyl (C=O) groups excluding carboxylic acids is 1. The fraction of sp³-hybridized carbons (Fsp3) is 0.316. The molecule has 5 N–H and O–H groups in total. The van der Waals surface area contributed by atoms with Crippen LogP contribution in [0.4, 0.5) is 5.69 Å². The van der Waals surface area contributed by atoms with Crippen LogP contribution in [0.25, 0.3) is 12.2 Å². The first kappa shape index (κ1) is 20.2. The van der Waals surface area contributed by atoms with E-state index in [0.717, 1.165) is 34.9 Å². The summed E-state index contributed by atoms with van der Waals surface area (Å²) in [5.41, 5.74) is 14.9. The lowest BCUT2D eigenvalue weighted by Crippen LogP contribution is -2.25. The number of nitrogens with one attached hydrogen (secondary N) is 1. The standard InChI is InChI=1S/C17H21N5O.C2H6/c1-5-6-11-7-12(15(18)16(21-11)17(19)23)14(9(2)3)13-8-20-22-10(13)4;1-2/h7-8,22H,2,4-6,18H2,1,3H3,(H2,19,23);1-2H3/b14-13+;. The Morgan fingerprint density at radius 3 is 2.44 bits per heavy atom. The van der Waals surface area contributed by atoms with Crippen LogP contribution >= 0.6 is 0 Å².